The van der Waals surface area contributed by atoms with Gasteiger partial charge in [0.05, 0.1) is 28.1 Å². The third-order valence-electron chi connectivity index (χ3n) is 5.63. The largest absolute Gasteiger partial charge is 0.494 e. The Kier molecular flexibility index (Phi) is 6.42. The minimum absolute atomic E-state index is 0.514. The topological polar surface area (TPSA) is 63.7 Å². The molecule has 3 aromatic carbocycles. The van der Waals surface area contributed by atoms with Crippen molar-refractivity contribution in [1.29, 1.82) is 5.26 Å². The maximum atomic E-state index is 10.0. The van der Waals surface area contributed by atoms with Crippen LogP contribution in [0.1, 0.15) is 29.5 Å². The highest BCUT2D eigenvalue weighted by Gasteiger charge is 2.16. The van der Waals surface area contributed by atoms with Crippen molar-refractivity contribution in [3.05, 3.63) is 95.1 Å². The number of fused-ring (bicyclic) bond motifs is 1. The van der Waals surface area contributed by atoms with Gasteiger partial charge < -0.3 is 4.74 Å². The van der Waals surface area contributed by atoms with Crippen LogP contribution in [0.5, 0.6) is 5.75 Å². The van der Waals surface area contributed by atoms with E-state index in [9.17, 15) is 5.26 Å². The molecule has 172 valence electrons. The third-order valence-corrected chi connectivity index (χ3v) is 6.70. The van der Waals surface area contributed by atoms with E-state index in [1.807, 2.05) is 89.8 Å². The number of ether oxygens (including phenoxy) is 1. The molecule has 0 bridgehead atoms. The Morgan fingerprint density at radius 2 is 1.89 bits per heavy atom. The van der Waals surface area contributed by atoms with Gasteiger partial charge in [0.2, 0.25) is 0 Å². The Morgan fingerprint density at radius 3 is 2.63 bits per heavy atom. The number of benzene rings is 3. The summed E-state index contributed by atoms with van der Waals surface area (Å²) in [5.74, 6) is 0.847. The Balaban J connectivity index is 1.63. The number of rotatable bonds is 7. The molecule has 2 heterocycles. The first-order valence-corrected chi connectivity index (χ1v) is 12.3. The first-order chi connectivity index (χ1) is 17.2. The first kappa shape index (κ1) is 22.6. The molecule has 0 N–H and O–H groups in total. The minimum atomic E-state index is 0.514. The van der Waals surface area contributed by atoms with Gasteiger partial charge in [-0.3, -0.25) is 0 Å². The monoisotopic (exact) mass is 476 g/mol. The predicted molar refractivity (Wildman–Crippen MR) is 143 cm³/mol. The van der Waals surface area contributed by atoms with Gasteiger partial charge in [-0.15, -0.1) is 11.3 Å². The molecular formula is C29H24N4OS. The van der Waals surface area contributed by atoms with Crippen LogP contribution in [0.3, 0.4) is 0 Å². The first-order valence-electron chi connectivity index (χ1n) is 11.5. The fourth-order valence-corrected chi connectivity index (χ4v) is 4.84. The molecule has 5 rings (SSSR count). The average Bonchev–Trinajstić information content (AvgIpc) is 3.51. The van der Waals surface area contributed by atoms with Gasteiger partial charge in [-0.2, -0.15) is 10.4 Å². The van der Waals surface area contributed by atoms with Crippen molar-refractivity contribution in [2.45, 2.75) is 20.3 Å². The molecule has 35 heavy (non-hydrogen) atoms. The zero-order valence-corrected chi connectivity index (χ0v) is 20.4. The van der Waals surface area contributed by atoms with Crippen LogP contribution in [-0.2, 0) is 0 Å². The Hall–Kier alpha value is -4.21. The highest BCUT2D eigenvalue weighted by atomic mass is 32.1. The molecule has 0 aliphatic heterocycles. The molecule has 5 aromatic rings. The van der Waals surface area contributed by atoms with E-state index in [1.165, 1.54) is 11.3 Å². The highest BCUT2D eigenvalue weighted by molar-refractivity contribution is 7.19. The Bertz CT molecular complexity index is 1520. The standard InChI is InChI=1S/C29H24N4OS/c1-3-15-34-24-13-14-25(20(2)16-24)28-22(19-33(32-28)23-9-5-4-6-10-23)17-21(18-30)29-31-26-11-7-8-12-27(26)35-29/h4-14,16-17,19H,3,15H2,1-2H3/b21-17-. The van der Waals surface area contributed by atoms with Crippen molar-refractivity contribution in [3.63, 3.8) is 0 Å². The summed E-state index contributed by atoms with van der Waals surface area (Å²) in [5, 5.41) is 15.7. The van der Waals surface area contributed by atoms with E-state index >= 15 is 0 Å². The van der Waals surface area contributed by atoms with Gasteiger partial charge in [0.25, 0.3) is 0 Å². The maximum Gasteiger partial charge on any atom is 0.135 e. The van der Waals surface area contributed by atoms with Crippen LogP contribution in [0.15, 0.2) is 79.0 Å². The third kappa shape index (κ3) is 4.72. The number of nitriles is 1. The normalized spacial score (nSPS) is 11.5. The quantitative estimate of drug-likeness (QED) is 0.231. The molecule has 0 atom stereocenters. The smallest absolute Gasteiger partial charge is 0.135 e. The van der Waals surface area contributed by atoms with Crippen molar-refractivity contribution < 1.29 is 4.74 Å². The van der Waals surface area contributed by atoms with Crippen molar-refractivity contribution in [2.75, 3.05) is 6.61 Å². The summed E-state index contributed by atoms with van der Waals surface area (Å²) in [6, 6.07) is 26.3. The zero-order valence-electron chi connectivity index (χ0n) is 19.6. The van der Waals surface area contributed by atoms with E-state index in [0.29, 0.717) is 17.2 Å². The van der Waals surface area contributed by atoms with E-state index in [0.717, 1.165) is 50.5 Å². The molecule has 0 saturated heterocycles. The second-order valence-electron chi connectivity index (χ2n) is 8.19. The van der Waals surface area contributed by atoms with Crippen LogP contribution < -0.4 is 4.74 Å². The number of aromatic nitrogens is 3. The van der Waals surface area contributed by atoms with Crippen LogP contribution in [-0.4, -0.2) is 21.4 Å². The number of aryl methyl sites for hydroxylation is 1. The molecule has 6 heteroatoms. The summed E-state index contributed by atoms with van der Waals surface area (Å²) < 4.78 is 8.73. The fraction of sp³-hybridized carbons (Fsp3) is 0.138. The molecule has 2 aromatic heterocycles. The van der Waals surface area contributed by atoms with Gasteiger partial charge in [0.1, 0.15) is 22.5 Å². The number of thiazole rings is 1. The molecule has 0 aliphatic rings. The number of nitrogens with zero attached hydrogens (tertiary/aromatic N) is 4. The lowest BCUT2D eigenvalue weighted by atomic mass is 10.0. The summed E-state index contributed by atoms with van der Waals surface area (Å²) >= 11 is 1.52. The number of hydrogen-bond donors (Lipinski definition) is 0. The highest BCUT2D eigenvalue weighted by Crippen LogP contribution is 2.33. The summed E-state index contributed by atoms with van der Waals surface area (Å²) in [6.07, 6.45) is 4.82. The van der Waals surface area contributed by atoms with E-state index in [-0.39, 0.29) is 0 Å². The zero-order chi connectivity index (χ0) is 24.2. The number of hydrogen-bond acceptors (Lipinski definition) is 5. The van der Waals surface area contributed by atoms with Crippen molar-refractivity contribution in [3.8, 4) is 28.8 Å². The average molecular weight is 477 g/mol. The van der Waals surface area contributed by atoms with E-state index in [1.54, 1.807) is 0 Å². The second kappa shape index (κ2) is 9.96. The Morgan fingerprint density at radius 1 is 1.09 bits per heavy atom. The van der Waals surface area contributed by atoms with E-state index in [4.69, 9.17) is 9.84 Å². The predicted octanol–water partition coefficient (Wildman–Crippen LogP) is 7.31. The van der Waals surface area contributed by atoms with Crippen molar-refractivity contribution in [2.24, 2.45) is 0 Å². The second-order valence-corrected chi connectivity index (χ2v) is 9.23. The maximum absolute atomic E-state index is 10.0. The van der Waals surface area contributed by atoms with Crippen LogP contribution >= 0.6 is 11.3 Å². The molecule has 5 nitrogen and oxygen atoms in total. The van der Waals surface area contributed by atoms with Gasteiger partial charge in [0.15, 0.2) is 0 Å². The van der Waals surface area contributed by atoms with Crippen LogP contribution in [0.4, 0.5) is 0 Å². The molecular weight excluding hydrogens is 452 g/mol. The van der Waals surface area contributed by atoms with Gasteiger partial charge in [-0.25, -0.2) is 9.67 Å². The molecule has 0 spiro atoms. The van der Waals surface area contributed by atoms with E-state index < -0.39 is 0 Å². The molecule has 0 amide bonds. The molecule has 0 unspecified atom stereocenters. The van der Waals surface area contributed by atoms with Crippen LogP contribution in [0.25, 0.3) is 38.8 Å². The summed E-state index contributed by atoms with van der Waals surface area (Å²) in [6.45, 7) is 4.83. The van der Waals surface area contributed by atoms with Gasteiger partial charge in [-0.1, -0.05) is 37.3 Å². The van der Waals surface area contributed by atoms with Gasteiger partial charge in [0, 0.05) is 17.3 Å². The van der Waals surface area contributed by atoms with Crippen molar-refractivity contribution in [1.82, 2.24) is 14.8 Å². The lowest BCUT2D eigenvalue weighted by molar-refractivity contribution is 0.317. The summed E-state index contributed by atoms with van der Waals surface area (Å²) in [4.78, 5) is 4.69. The lowest BCUT2D eigenvalue weighted by Gasteiger charge is -2.09. The lowest BCUT2D eigenvalue weighted by Crippen LogP contribution is -1.97. The molecule has 0 radical (unpaired) electrons. The SMILES string of the molecule is CCCOc1ccc(-c2nn(-c3ccccc3)cc2/C=C(/C#N)c2nc3ccccc3s2)c(C)c1. The van der Waals surface area contributed by atoms with Crippen molar-refractivity contribution >= 4 is 33.2 Å². The fourth-order valence-electron chi connectivity index (χ4n) is 3.91. The molecule has 0 fully saturated rings. The van der Waals surface area contributed by atoms with Crippen LogP contribution in [0.2, 0.25) is 0 Å². The Labute approximate surface area is 208 Å². The van der Waals surface area contributed by atoms with E-state index in [2.05, 4.69) is 24.9 Å². The van der Waals surface area contributed by atoms with Gasteiger partial charge in [-0.05, 0) is 67.4 Å². The number of para-hydroxylation sites is 2. The number of allylic oxidation sites excluding steroid dienone is 1. The molecule has 0 aliphatic carbocycles. The summed E-state index contributed by atoms with van der Waals surface area (Å²) in [7, 11) is 0. The summed E-state index contributed by atoms with van der Waals surface area (Å²) in [5.41, 5.74) is 6.08. The minimum Gasteiger partial charge on any atom is -0.494 e. The van der Waals surface area contributed by atoms with Gasteiger partial charge >= 0.3 is 0 Å². The van der Waals surface area contributed by atoms with Crippen LogP contribution in [0, 0.1) is 18.3 Å². The molecule has 0 saturated carbocycles.